The summed E-state index contributed by atoms with van der Waals surface area (Å²) in [6.07, 6.45) is 0.294. The summed E-state index contributed by atoms with van der Waals surface area (Å²) in [5.41, 5.74) is 1.26. The molecule has 1 heterocycles. The van der Waals surface area contributed by atoms with Crippen LogP contribution in [0.25, 0.3) is 0 Å². The van der Waals surface area contributed by atoms with Gasteiger partial charge in [0.1, 0.15) is 0 Å². The van der Waals surface area contributed by atoms with Gasteiger partial charge in [-0.15, -0.1) is 0 Å². The van der Waals surface area contributed by atoms with Crippen molar-refractivity contribution in [2.45, 2.75) is 19.4 Å². The lowest BCUT2D eigenvalue weighted by atomic mass is 10.2. The minimum Gasteiger partial charge on any atom is -0.481 e. The molecule has 0 aliphatic rings. The van der Waals surface area contributed by atoms with Crippen LogP contribution in [-0.2, 0) is 17.8 Å². The highest BCUT2D eigenvalue weighted by atomic mass is 35.5. The minimum absolute atomic E-state index is 0.00779. The summed E-state index contributed by atoms with van der Waals surface area (Å²) in [6, 6.07) is 10.1. The quantitative estimate of drug-likeness (QED) is 0.914. The maximum Gasteiger partial charge on any atom is 0.303 e. The van der Waals surface area contributed by atoms with Gasteiger partial charge in [0.2, 0.25) is 0 Å². The predicted molar refractivity (Wildman–Crippen MR) is 75.0 cm³/mol. The maximum absolute atomic E-state index is 11.7. The van der Waals surface area contributed by atoms with Gasteiger partial charge in [0.05, 0.1) is 18.7 Å². The Kier molecular flexibility index (Phi) is 4.53. The van der Waals surface area contributed by atoms with E-state index in [-0.39, 0.29) is 12.0 Å². The van der Waals surface area contributed by atoms with Crippen molar-refractivity contribution >= 4 is 17.6 Å². The minimum atomic E-state index is -0.887. The number of rotatable bonds is 5. The SMILES string of the molecule is O=C(O)CCc1ccc(=O)n(Cc2ccc(Cl)cc2)n1. The Morgan fingerprint density at radius 3 is 2.55 bits per heavy atom. The molecule has 1 aromatic heterocycles. The molecular weight excluding hydrogens is 280 g/mol. The maximum atomic E-state index is 11.7. The molecule has 0 saturated carbocycles. The van der Waals surface area contributed by atoms with Crippen molar-refractivity contribution in [1.82, 2.24) is 9.78 Å². The number of aryl methyl sites for hydroxylation is 1. The molecule has 1 N–H and O–H groups in total. The first-order valence-electron chi connectivity index (χ1n) is 6.08. The van der Waals surface area contributed by atoms with Crippen molar-refractivity contribution in [1.29, 1.82) is 0 Å². The smallest absolute Gasteiger partial charge is 0.303 e. The van der Waals surface area contributed by atoms with Gasteiger partial charge in [-0.25, -0.2) is 4.68 Å². The zero-order valence-corrected chi connectivity index (χ0v) is 11.4. The first kappa shape index (κ1) is 14.3. The van der Waals surface area contributed by atoms with Gasteiger partial charge < -0.3 is 5.11 Å². The molecule has 2 aromatic rings. The predicted octanol–water partition coefficient (Wildman–Crippen LogP) is 1.96. The zero-order valence-electron chi connectivity index (χ0n) is 10.6. The van der Waals surface area contributed by atoms with Crippen LogP contribution in [0.5, 0.6) is 0 Å². The third-order valence-electron chi connectivity index (χ3n) is 2.76. The van der Waals surface area contributed by atoms with E-state index in [1.54, 1.807) is 18.2 Å². The normalized spacial score (nSPS) is 10.4. The van der Waals surface area contributed by atoms with Crippen molar-refractivity contribution < 1.29 is 9.90 Å². The van der Waals surface area contributed by atoms with Crippen LogP contribution in [0, 0.1) is 0 Å². The molecule has 1 aromatic carbocycles. The number of carbonyl (C=O) groups is 1. The Balaban J connectivity index is 2.18. The zero-order chi connectivity index (χ0) is 14.5. The van der Waals surface area contributed by atoms with Gasteiger partial charge in [0.15, 0.2) is 0 Å². The molecule has 0 atom stereocenters. The largest absolute Gasteiger partial charge is 0.481 e. The van der Waals surface area contributed by atoms with Crippen molar-refractivity contribution in [3.8, 4) is 0 Å². The summed E-state index contributed by atoms with van der Waals surface area (Å²) in [6.45, 7) is 0.330. The molecule has 5 nitrogen and oxygen atoms in total. The van der Waals surface area contributed by atoms with E-state index in [1.165, 1.54) is 10.7 Å². The number of benzene rings is 1. The highest BCUT2D eigenvalue weighted by Gasteiger charge is 2.04. The summed E-state index contributed by atoms with van der Waals surface area (Å²) in [7, 11) is 0. The Morgan fingerprint density at radius 2 is 1.90 bits per heavy atom. The first-order valence-corrected chi connectivity index (χ1v) is 6.45. The highest BCUT2D eigenvalue weighted by molar-refractivity contribution is 6.30. The van der Waals surface area contributed by atoms with E-state index < -0.39 is 5.97 Å². The number of hydrogen-bond donors (Lipinski definition) is 1. The number of carboxylic acids is 1. The second kappa shape index (κ2) is 6.34. The molecule has 0 radical (unpaired) electrons. The van der Waals surface area contributed by atoms with E-state index in [2.05, 4.69) is 5.10 Å². The van der Waals surface area contributed by atoms with E-state index in [9.17, 15) is 9.59 Å². The molecule has 6 heteroatoms. The van der Waals surface area contributed by atoms with Gasteiger partial charge in [-0.3, -0.25) is 9.59 Å². The van der Waals surface area contributed by atoms with E-state index >= 15 is 0 Å². The highest BCUT2D eigenvalue weighted by Crippen LogP contribution is 2.10. The Labute approximate surface area is 120 Å². The number of aromatic nitrogens is 2. The summed E-state index contributed by atoms with van der Waals surface area (Å²) in [4.78, 5) is 22.3. The topological polar surface area (TPSA) is 72.2 Å². The van der Waals surface area contributed by atoms with E-state index in [4.69, 9.17) is 16.7 Å². The van der Waals surface area contributed by atoms with Crippen molar-refractivity contribution in [3.05, 3.63) is 63.0 Å². The number of nitrogens with zero attached hydrogens (tertiary/aromatic N) is 2. The van der Waals surface area contributed by atoms with E-state index in [0.29, 0.717) is 23.7 Å². The van der Waals surface area contributed by atoms with Gasteiger partial charge in [-0.1, -0.05) is 23.7 Å². The summed E-state index contributed by atoms with van der Waals surface area (Å²) < 4.78 is 1.32. The second-order valence-corrected chi connectivity index (χ2v) is 4.78. The lowest BCUT2D eigenvalue weighted by molar-refractivity contribution is -0.136. The lowest BCUT2D eigenvalue weighted by Gasteiger charge is -2.06. The van der Waals surface area contributed by atoms with Crippen LogP contribution < -0.4 is 5.56 Å². The van der Waals surface area contributed by atoms with Gasteiger partial charge in [0.25, 0.3) is 5.56 Å². The lowest BCUT2D eigenvalue weighted by Crippen LogP contribution is -2.23. The third-order valence-corrected chi connectivity index (χ3v) is 3.01. The molecule has 2 rings (SSSR count). The molecule has 0 saturated heterocycles. The number of carboxylic acid groups (broad SMARTS) is 1. The van der Waals surface area contributed by atoms with Gasteiger partial charge in [-0.2, -0.15) is 5.10 Å². The molecule has 0 aliphatic heterocycles. The summed E-state index contributed by atoms with van der Waals surface area (Å²) in [5.74, 6) is -0.887. The van der Waals surface area contributed by atoms with E-state index in [1.807, 2.05) is 12.1 Å². The molecule has 0 amide bonds. The number of halogens is 1. The molecule has 0 bridgehead atoms. The summed E-state index contributed by atoms with van der Waals surface area (Å²) >= 11 is 5.80. The molecule has 0 unspecified atom stereocenters. The number of hydrogen-bond acceptors (Lipinski definition) is 3. The average Bonchev–Trinajstić information content (AvgIpc) is 2.42. The Bertz CT molecular complexity index is 665. The van der Waals surface area contributed by atoms with Gasteiger partial charge >= 0.3 is 5.97 Å². The third kappa shape index (κ3) is 3.93. The van der Waals surface area contributed by atoms with Crippen LogP contribution in [0.1, 0.15) is 17.7 Å². The molecular formula is C14H13ClN2O3. The fourth-order valence-electron chi connectivity index (χ4n) is 1.74. The summed E-state index contributed by atoms with van der Waals surface area (Å²) in [5, 5.41) is 13.4. The molecule has 20 heavy (non-hydrogen) atoms. The van der Waals surface area contributed by atoms with Crippen molar-refractivity contribution in [2.24, 2.45) is 0 Å². The Hall–Kier alpha value is -2.14. The fraction of sp³-hybridized carbons (Fsp3) is 0.214. The van der Waals surface area contributed by atoms with Crippen LogP contribution in [0.2, 0.25) is 5.02 Å². The first-order chi connectivity index (χ1) is 9.54. The average molecular weight is 293 g/mol. The van der Waals surface area contributed by atoms with Crippen LogP contribution in [-0.4, -0.2) is 20.9 Å². The second-order valence-electron chi connectivity index (χ2n) is 4.34. The van der Waals surface area contributed by atoms with Crippen LogP contribution in [0.4, 0.5) is 0 Å². The molecule has 104 valence electrons. The van der Waals surface area contributed by atoms with Gasteiger partial charge in [0, 0.05) is 17.5 Å². The Morgan fingerprint density at radius 1 is 1.20 bits per heavy atom. The van der Waals surface area contributed by atoms with E-state index in [0.717, 1.165) is 5.56 Å². The van der Waals surface area contributed by atoms with Crippen molar-refractivity contribution in [3.63, 3.8) is 0 Å². The molecule has 0 spiro atoms. The van der Waals surface area contributed by atoms with Crippen LogP contribution in [0.15, 0.2) is 41.2 Å². The molecule has 0 fully saturated rings. The van der Waals surface area contributed by atoms with Gasteiger partial charge in [-0.05, 0) is 23.8 Å². The van der Waals surface area contributed by atoms with Crippen molar-refractivity contribution in [2.75, 3.05) is 0 Å². The van der Waals surface area contributed by atoms with Crippen LogP contribution in [0.3, 0.4) is 0 Å². The monoisotopic (exact) mass is 292 g/mol. The van der Waals surface area contributed by atoms with Crippen LogP contribution >= 0.6 is 11.6 Å². The fourth-order valence-corrected chi connectivity index (χ4v) is 1.86. The standard InChI is InChI=1S/C14H13ClN2O3/c15-11-3-1-10(2-4-11)9-17-13(18)7-5-12(16-17)6-8-14(19)20/h1-5,7H,6,8-9H2,(H,19,20). The molecule has 0 aliphatic carbocycles. The number of aliphatic carboxylic acids is 1.